The number of benzene rings is 1. The Kier molecular flexibility index (Phi) is 4.85. The van der Waals surface area contributed by atoms with E-state index in [4.69, 9.17) is 5.73 Å². The van der Waals surface area contributed by atoms with Crippen molar-refractivity contribution < 1.29 is 0 Å². The van der Waals surface area contributed by atoms with Crippen LogP contribution in [0.2, 0.25) is 0 Å². The molecule has 0 spiro atoms. The van der Waals surface area contributed by atoms with Crippen LogP contribution in [0, 0.1) is 0 Å². The molecule has 2 rings (SSSR count). The summed E-state index contributed by atoms with van der Waals surface area (Å²) in [4.78, 5) is 11.9. The molecular formula is C15H17N4P. The summed E-state index contributed by atoms with van der Waals surface area (Å²) in [5.74, 6) is 2.46. The van der Waals surface area contributed by atoms with E-state index in [0.29, 0.717) is 5.70 Å². The molecule has 1 heterocycles. The topological polar surface area (TPSA) is 67.1 Å². The first-order valence-electron chi connectivity index (χ1n) is 6.20. The molecule has 0 saturated heterocycles. The Bertz CT molecular complexity index is 650. The molecular weight excluding hydrogens is 267 g/mol. The lowest BCUT2D eigenvalue weighted by atomic mass is 10.2. The van der Waals surface area contributed by atoms with Gasteiger partial charge in [0.05, 0.1) is 11.4 Å². The van der Waals surface area contributed by atoms with E-state index in [-0.39, 0.29) is 0 Å². The minimum absolute atomic E-state index is 0.709. The molecule has 0 saturated carbocycles. The number of nitrogens with zero attached hydrogens (tertiary/aromatic N) is 2. The maximum atomic E-state index is 5.75. The lowest BCUT2D eigenvalue weighted by molar-refractivity contribution is 1.29. The minimum atomic E-state index is 0.709. The number of hydrogen-bond donors (Lipinski definition) is 2. The summed E-state index contributed by atoms with van der Waals surface area (Å²) in [5.41, 5.74) is 9.17. The fraction of sp³-hybridized carbons (Fsp3) is 0.0667. The summed E-state index contributed by atoms with van der Waals surface area (Å²) in [6.45, 7) is 1.84. The molecule has 0 bridgehead atoms. The van der Waals surface area contributed by atoms with Crippen molar-refractivity contribution in [2.75, 3.05) is 0 Å². The van der Waals surface area contributed by atoms with Crippen molar-refractivity contribution in [1.82, 2.24) is 9.97 Å². The Morgan fingerprint density at radius 1 is 1.35 bits per heavy atom. The van der Waals surface area contributed by atoms with Gasteiger partial charge in [0.25, 0.3) is 0 Å². The molecule has 0 aliphatic heterocycles. The zero-order valence-electron chi connectivity index (χ0n) is 11.2. The molecule has 0 aliphatic carbocycles. The molecule has 1 atom stereocenters. The number of hydrogen-bond acceptors (Lipinski definition) is 3. The molecule has 2 aromatic rings. The van der Waals surface area contributed by atoms with E-state index >= 15 is 0 Å². The first-order chi connectivity index (χ1) is 9.70. The molecule has 3 N–H and O–H groups in total. The third kappa shape index (κ3) is 3.65. The molecule has 4 nitrogen and oxygen atoms in total. The average Bonchev–Trinajstić information content (AvgIpc) is 2.83. The zero-order valence-corrected chi connectivity index (χ0v) is 12.4. The summed E-state index contributed by atoms with van der Waals surface area (Å²) in [5, 5.41) is 0. The monoisotopic (exact) mass is 284 g/mol. The van der Waals surface area contributed by atoms with Crippen LogP contribution in [0.4, 0.5) is 0 Å². The third-order valence-corrected chi connectivity index (χ3v) is 2.76. The molecule has 20 heavy (non-hydrogen) atoms. The van der Waals surface area contributed by atoms with E-state index in [0.717, 1.165) is 22.8 Å². The van der Waals surface area contributed by atoms with Crippen LogP contribution in [0.3, 0.4) is 0 Å². The average molecular weight is 284 g/mol. The molecule has 0 fully saturated rings. The molecule has 1 unspecified atom stereocenters. The Balaban J connectivity index is 2.44. The summed E-state index contributed by atoms with van der Waals surface area (Å²) in [6.07, 6.45) is 5.42. The largest absolute Gasteiger partial charge is 0.402 e. The van der Waals surface area contributed by atoms with Crippen molar-refractivity contribution in [3.8, 4) is 11.4 Å². The number of aliphatic imine (C=N–C) groups is 1. The van der Waals surface area contributed by atoms with Gasteiger partial charge in [-0.3, -0.25) is 4.99 Å². The summed E-state index contributed by atoms with van der Waals surface area (Å²) >= 11 is 0. The van der Waals surface area contributed by atoms with Crippen LogP contribution >= 0.6 is 9.24 Å². The summed E-state index contributed by atoms with van der Waals surface area (Å²) in [7, 11) is 2.43. The number of aromatic amines is 1. The van der Waals surface area contributed by atoms with Crippen LogP contribution < -0.4 is 5.73 Å². The van der Waals surface area contributed by atoms with Gasteiger partial charge in [0, 0.05) is 23.4 Å². The van der Waals surface area contributed by atoms with E-state index < -0.39 is 0 Å². The van der Waals surface area contributed by atoms with Gasteiger partial charge >= 0.3 is 0 Å². The van der Waals surface area contributed by atoms with Crippen molar-refractivity contribution >= 4 is 27.3 Å². The second-order valence-electron chi connectivity index (χ2n) is 4.25. The van der Waals surface area contributed by atoms with Crippen LogP contribution in [0.1, 0.15) is 18.3 Å². The highest BCUT2D eigenvalue weighted by Crippen LogP contribution is 2.20. The fourth-order valence-corrected chi connectivity index (χ4v) is 1.85. The summed E-state index contributed by atoms with van der Waals surface area (Å²) in [6, 6.07) is 9.96. The van der Waals surface area contributed by atoms with Gasteiger partial charge in [-0.05, 0) is 19.1 Å². The quantitative estimate of drug-likeness (QED) is 0.668. The molecule has 5 heteroatoms. The lowest BCUT2D eigenvalue weighted by Crippen LogP contribution is -1.90. The SMILES string of the molecule is C/C(N)=C\c1nc(-c2ccccc2)[nH]c1/C=C/N=C/P. The Morgan fingerprint density at radius 3 is 2.75 bits per heavy atom. The maximum Gasteiger partial charge on any atom is 0.138 e. The molecule has 0 aliphatic rings. The number of nitrogens with two attached hydrogens (primary N) is 1. The Hall–Kier alpha value is -2.19. The van der Waals surface area contributed by atoms with Crippen molar-refractivity contribution in [2.24, 2.45) is 10.7 Å². The number of imidazole rings is 1. The number of nitrogens with one attached hydrogen (secondary N) is 1. The highest BCUT2D eigenvalue weighted by molar-refractivity contribution is 7.36. The third-order valence-electron chi connectivity index (χ3n) is 2.59. The standard InChI is InChI=1S/C15H17N4P/c1-11(16)9-14-13(7-8-17-10-20)18-15(19-14)12-5-3-2-4-6-12/h2-10H,16,20H2,1H3,(H,18,19)/b8-7+,11-9+,17-10+. The Labute approximate surface area is 120 Å². The molecule has 0 radical (unpaired) electrons. The molecule has 0 amide bonds. The van der Waals surface area contributed by atoms with Gasteiger partial charge in [0.15, 0.2) is 0 Å². The maximum absolute atomic E-state index is 5.75. The zero-order chi connectivity index (χ0) is 14.4. The first-order valence-corrected chi connectivity index (χ1v) is 6.86. The molecule has 1 aromatic carbocycles. The van der Waals surface area contributed by atoms with Crippen LogP contribution in [0.5, 0.6) is 0 Å². The second kappa shape index (κ2) is 6.83. The van der Waals surface area contributed by atoms with Crippen molar-refractivity contribution in [1.29, 1.82) is 0 Å². The smallest absolute Gasteiger partial charge is 0.138 e. The first kappa shape index (κ1) is 14.2. The highest BCUT2D eigenvalue weighted by atomic mass is 31.0. The van der Waals surface area contributed by atoms with Gasteiger partial charge in [-0.25, -0.2) is 4.98 Å². The predicted octanol–water partition coefficient (Wildman–Crippen LogP) is 3.27. The van der Waals surface area contributed by atoms with E-state index in [1.807, 2.05) is 49.4 Å². The van der Waals surface area contributed by atoms with Crippen LogP contribution in [0.15, 0.2) is 47.2 Å². The van der Waals surface area contributed by atoms with Crippen LogP contribution in [-0.4, -0.2) is 15.9 Å². The van der Waals surface area contributed by atoms with Crippen molar-refractivity contribution in [3.05, 3.63) is 53.6 Å². The van der Waals surface area contributed by atoms with Gasteiger partial charge in [-0.2, -0.15) is 0 Å². The summed E-state index contributed by atoms with van der Waals surface area (Å²) < 4.78 is 0. The van der Waals surface area contributed by atoms with E-state index in [1.54, 1.807) is 12.2 Å². The van der Waals surface area contributed by atoms with Crippen molar-refractivity contribution in [2.45, 2.75) is 6.92 Å². The second-order valence-corrected chi connectivity index (χ2v) is 4.55. The van der Waals surface area contributed by atoms with E-state index in [2.05, 4.69) is 24.2 Å². The number of rotatable bonds is 4. The fourth-order valence-electron chi connectivity index (χ4n) is 1.75. The van der Waals surface area contributed by atoms with Gasteiger partial charge in [-0.1, -0.05) is 39.6 Å². The molecule has 1 aromatic heterocycles. The van der Waals surface area contributed by atoms with Gasteiger partial charge in [0.2, 0.25) is 0 Å². The predicted molar refractivity (Wildman–Crippen MR) is 89.1 cm³/mol. The lowest BCUT2D eigenvalue weighted by Gasteiger charge is -1.93. The number of allylic oxidation sites excluding steroid dienone is 1. The molecule has 102 valence electrons. The van der Waals surface area contributed by atoms with Gasteiger partial charge in [0.1, 0.15) is 5.82 Å². The van der Waals surface area contributed by atoms with Gasteiger partial charge < -0.3 is 10.7 Å². The highest BCUT2D eigenvalue weighted by Gasteiger charge is 2.07. The van der Waals surface area contributed by atoms with Crippen LogP contribution in [-0.2, 0) is 0 Å². The Morgan fingerprint density at radius 2 is 2.10 bits per heavy atom. The normalized spacial score (nSPS) is 12.6. The van der Waals surface area contributed by atoms with Crippen molar-refractivity contribution in [3.63, 3.8) is 0 Å². The van der Waals surface area contributed by atoms with Gasteiger partial charge in [-0.15, -0.1) is 0 Å². The van der Waals surface area contributed by atoms with E-state index in [9.17, 15) is 0 Å². The minimum Gasteiger partial charge on any atom is -0.402 e. The van der Waals surface area contributed by atoms with E-state index in [1.165, 1.54) is 0 Å². The number of aromatic nitrogens is 2. The van der Waals surface area contributed by atoms with Crippen LogP contribution in [0.25, 0.3) is 23.5 Å². The number of H-pyrrole nitrogens is 1.